The summed E-state index contributed by atoms with van der Waals surface area (Å²) in [4.78, 5) is 0. The molecule has 1 heterocycles. The standard InChI is InChI=1S/C11H11F3O2/c1-6(15)10-5-7-4-8(11(12,13)14)2-3-9(7)16-10/h2-4,6,10,15H,5H2,1H3. The first-order valence-electron chi connectivity index (χ1n) is 4.93. The molecule has 16 heavy (non-hydrogen) atoms. The molecule has 0 saturated carbocycles. The van der Waals surface area contributed by atoms with Crippen LogP contribution in [0.25, 0.3) is 0 Å². The van der Waals surface area contributed by atoms with Crippen LogP contribution in [0.3, 0.4) is 0 Å². The van der Waals surface area contributed by atoms with Gasteiger partial charge in [0.15, 0.2) is 0 Å². The average Bonchev–Trinajstić information content (AvgIpc) is 2.58. The van der Waals surface area contributed by atoms with Crippen molar-refractivity contribution >= 4 is 0 Å². The first-order chi connectivity index (χ1) is 7.38. The highest BCUT2D eigenvalue weighted by molar-refractivity contribution is 5.41. The van der Waals surface area contributed by atoms with Crippen molar-refractivity contribution in [1.82, 2.24) is 0 Å². The molecule has 1 N–H and O–H groups in total. The van der Waals surface area contributed by atoms with Crippen molar-refractivity contribution in [3.8, 4) is 5.75 Å². The molecular weight excluding hydrogens is 221 g/mol. The maximum atomic E-state index is 12.4. The SMILES string of the molecule is CC(O)C1Cc2cc(C(F)(F)F)ccc2O1. The number of halogens is 3. The van der Waals surface area contributed by atoms with Crippen molar-refractivity contribution in [3.05, 3.63) is 29.3 Å². The average molecular weight is 232 g/mol. The Morgan fingerprint density at radius 3 is 2.69 bits per heavy atom. The molecule has 1 aliphatic rings. The van der Waals surface area contributed by atoms with Crippen LogP contribution in [-0.2, 0) is 12.6 Å². The highest BCUT2D eigenvalue weighted by atomic mass is 19.4. The number of hydrogen-bond donors (Lipinski definition) is 1. The number of hydrogen-bond acceptors (Lipinski definition) is 2. The highest BCUT2D eigenvalue weighted by Crippen LogP contribution is 2.36. The number of benzene rings is 1. The minimum Gasteiger partial charge on any atom is -0.487 e. The van der Waals surface area contributed by atoms with Crippen molar-refractivity contribution in [3.63, 3.8) is 0 Å². The fraction of sp³-hybridized carbons (Fsp3) is 0.455. The summed E-state index contributed by atoms with van der Waals surface area (Å²) in [7, 11) is 0. The molecule has 5 heteroatoms. The van der Waals surface area contributed by atoms with E-state index in [0.29, 0.717) is 17.7 Å². The lowest BCUT2D eigenvalue weighted by molar-refractivity contribution is -0.137. The molecule has 0 radical (unpaired) electrons. The monoisotopic (exact) mass is 232 g/mol. The second-order valence-corrected chi connectivity index (χ2v) is 3.92. The van der Waals surface area contributed by atoms with Gasteiger partial charge < -0.3 is 9.84 Å². The molecule has 88 valence electrons. The molecule has 2 atom stereocenters. The Hall–Kier alpha value is -1.23. The van der Waals surface area contributed by atoms with Crippen molar-refractivity contribution in [1.29, 1.82) is 0 Å². The van der Waals surface area contributed by atoms with Gasteiger partial charge in [-0.15, -0.1) is 0 Å². The summed E-state index contributed by atoms with van der Waals surface area (Å²) in [6.07, 6.45) is -5.16. The van der Waals surface area contributed by atoms with Crippen molar-refractivity contribution in [2.75, 3.05) is 0 Å². The van der Waals surface area contributed by atoms with Crippen molar-refractivity contribution in [2.24, 2.45) is 0 Å². The van der Waals surface area contributed by atoms with E-state index in [-0.39, 0.29) is 0 Å². The van der Waals surface area contributed by atoms with Gasteiger partial charge in [-0.3, -0.25) is 0 Å². The van der Waals surface area contributed by atoms with Crippen LogP contribution in [0.5, 0.6) is 5.75 Å². The summed E-state index contributed by atoms with van der Waals surface area (Å²) in [5.74, 6) is 0.430. The van der Waals surface area contributed by atoms with Gasteiger partial charge in [-0.25, -0.2) is 0 Å². The largest absolute Gasteiger partial charge is 0.487 e. The maximum absolute atomic E-state index is 12.4. The van der Waals surface area contributed by atoms with Gasteiger partial charge in [-0.1, -0.05) is 0 Å². The predicted molar refractivity (Wildman–Crippen MR) is 51.2 cm³/mol. The Morgan fingerprint density at radius 2 is 2.12 bits per heavy atom. The van der Waals surface area contributed by atoms with E-state index in [1.54, 1.807) is 6.92 Å². The first-order valence-corrected chi connectivity index (χ1v) is 4.93. The molecule has 0 aromatic heterocycles. The number of aliphatic hydroxyl groups is 1. The quantitative estimate of drug-likeness (QED) is 0.805. The zero-order valence-electron chi connectivity index (χ0n) is 8.58. The second kappa shape index (κ2) is 3.66. The fourth-order valence-corrected chi connectivity index (χ4v) is 1.72. The molecule has 0 fully saturated rings. The van der Waals surface area contributed by atoms with E-state index >= 15 is 0 Å². The Balaban J connectivity index is 2.28. The smallest absolute Gasteiger partial charge is 0.416 e. The van der Waals surface area contributed by atoms with Crippen LogP contribution < -0.4 is 4.74 Å². The third-order valence-electron chi connectivity index (χ3n) is 2.63. The van der Waals surface area contributed by atoms with Crippen molar-refractivity contribution in [2.45, 2.75) is 31.7 Å². The summed E-state index contributed by atoms with van der Waals surface area (Å²) in [6, 6.07) is 3.38. The van der Waals surface area contributed by atoms with Gasteiger partial charge in [-0.05, 0) is 30.7 Å². The lowest BCUT2D eigenvalue weighted by Gasteiger charge is -2.12. The summed E-state index contributed by atoms with van der Waals surface area (Å²) < 4.78 is 42.6. The molecule has 1 aromatic carbocycles. The predicted octanol–water partition coefficient (Wildman–Crippen LogP) is 2.39. The minimum absolute atomic E-state index is 0.316. The summed E-state index contributed by atoms with van der Waals surface area (Å²) in [6.45, 7) is 1.56. The van der Waals surface area contributed by atoms with Gasteiger partial charge in [0.1, 0.15) is 11.9 Å². The normalized spacial score (nSPS) is 21.4. The van der Waals surface area contributed by atoms with E-state index in [1.807, 2.05) is 0 Å². The van der Waals surface area contributed by atoms with E-state index < -0.39 is 23.9 Å². The molecule has 2 unspecified atom stereocenters. The van der Waals surface area contributed by atoms with E-state index in [0.717, 1.165) is 12.1 Å². The Bertz CT molecular complexity index is 399. The molecule has 0 amide bonds. The lowest BCUT2D eigenvalue weighted by atomic mass is 10.0. The molecule has 0 bridgehead atoms. The molecule has 2 rings (SSSR count). The number of ether oxygens (including phenoxy) is 1. The van der Waals surface area contributed by atoms with Gasteiger partial charge in [0.05, 0.1) is 11.7 Å². The zero-order valence-corrected chi connectivity index (χ0v) is 8.58. The van der Waals surface area contributed by atoms with E-state index in [9.17, 15) is 18.3 Å². The summed E-state index contributed by atoms with van der Waals surface area (Å²) in [5, 5.41) is 9.31. The molecule has 2 nitrogen and oxygen atoms in total. The number of fused-ring (bicyclic) bond motifs is 1. The van der Waals surface area contributed by atoms with Crippen LogP contribution in [0.1, 0.15) is 18.1 Å². The van der Waals surface area contributed by atoms with Crippen LogP contribution >= 0.6 is 0 Å². The van der Waals surface area contributed by atoms with E-state index in [4.69, 9.17) is 4.74 Å². The molecule has 0 aliphatic carbocycles. The van der Waals surface area contributed by atoms with Crippen LogP contribution in [0, 0.1) is 0 Å². The Labute approximate surface area is 90.7 Å². The van der Waals surface area contributed by atoms with Crippen LogP contribution in [-0.4, -0.2) is 17.3 Å². The molecular formula is C11H11F3O2. The fourth-order valence-electron chi connectivity index (χ4n) is 1.72. The molecule has 1 aliphatic heterocycles. The third kappa shape index (κ3) is 2.00. The van der Waals surface area contributed by atoms with Gasteiger partial charge in [0, 0.05) is 6.42 Å². The van der Waals surface area contributed by atoms with Gasteiger partial charge >= 0.3 is 6.18 Å². The molecule has 0 spiro atoms. The number of aliphatic hydroxyl groups excluding tert-OH is 1. The second-order valence-electron chi connectivity index (χ2n) is 3.92. The van der Waals surface area contributed by atoms with Crippen LogP contribution in [0.2, 0.25) is 0 Å². The maximum Gasteiger partial charge on any atom is 0.416 e. The highest BCUT2D eigenvalue weighted by Gasteiger charge is 2.33. The summed E-state index contributed by atoms with van der Waals surface area (Å²) >= 11 is 0. The molecule has 1 aromatic rings. The zero-order chi connectivity index (χ0) is 11.9. The van der Waals surface area contributed by atoms with E-state index in [2.05, 4.69) is 0 Å². The van der Waals surface area contributed by atoms with Gasteiger partial charge in [0.25, 0.3) is 0 Å². The first kappa shape index (κ1) is 11.3. The number of alkyl halides is 3. The Kier molecular flexibility index (Phi) is 2.58. The van der Waals surface area contributed by atoms with E-state index in [1.165, 1.54) is 6.07 Å². The van der Waals surface area contributed by atoms with Gasteiger partial charge in [-0.2, -0.15) is 13.2 Å². The van der Waals surface area contributed by atoms with Crippen molar-refractivity contribution < 1.29 is 23.0 Å². The molecule has 0 saturated heterocycles. The number of rotatable bonds is 1. The topological polar surface area (TPSA) is 29.5 Å². The van der Waals surface area contributed by atoms with Gasteiger partial charge in [0.2, 0.25) is 0 Å². The summed E-state index contributed by atoms with van der Waals surface area (Å²) in [5.41, 5.74) is -0.179. The third-order valence-corrected chi connectivity index (χ3v) is 2.63. The Morgan fingerprint density at radius 1 is 1.44 bits per heavy atom. The lowest BCUT2D eigenvalue weighted by Crippen LogP contribution is -2.26. The minimum atomic E-state index is -4.34. The van der Waals surface area contributed by atoms with Crippen LogP contribution in [0.4, 0.5) is 13.2 Å². The van der Waals surface area contributed by atoms with Crippen LogP contribution in [0.15, 0.2) is 18.2 Å².